The normalized spacial score (nSPS) is 25.0. The van der Waals surface area contributed by atoms with E-state index in [0.717, 1.165) is 25.2 Å². The molecule has 27 heavy (non-hydrogen) atoms. The lowest BCUT2D eigenvalue weighted by atomic mass is 10.1. The van der Waals surface area contributed by atoms with E-state index in [4.69, 9.17) is 4.74 Å². The molecule has 7 heteroatoms. The Morgan fingerprint density at radius 1 is 1.15 bits per heavy atom. The van der Waals surface area contributed by atoms with Crippen molar-refractivity contribution in [2.45, 2.75) is 45.1 Å². The fourth-order valence-corrected chi connectivity index (χ4v) is 3.75. The molecule has 0 unspecified atom stereocenters. The summed E-state index contributed by atoms with van der Waals surface area (Å²) in [7, 11) is 0. The predicted molar refractivity (Wildman–Crippen MR) is 101 cm³/mol. The molecule has 1 aromatic carbocycles. The molecule has 2 fully saturated rings. The molecule has 150 valence electrons. The number of aliphatic hydroxyl groups is 1. The minimum Gasteiger partial charge on any atom is -0.444 e. The van der Waals surface area contributed by atoms with Gasteiger partial charge in [-0.15, -0.1) is 0 Å². The number of carbonyl (C=O) groups excluding carboxylic acids is 1. The Bertz CT molecular complexity index is 639. The summed E-state index contributed by atoms with van der Waals surface area (Å²) < 4.78 is 18.5. The molecule has 2 heterocycles. The van der Waals surface area contributed by atoms with Crippen molar-refractivity contribution < 1.29 is 19.0 Å². The maximum Gasteiger partial charge on any atom is 0.410 e. The SMILES string of the molecule is CC(C)(C)OC(=O)N1CCN([C@@H]2CN(Cc3ccc(F)cc3)C[C@H]2O)CC1. The maximum absolute atomic E-state index is 13.0. The van der Waals surface area contributed by atoms with Crippen LogP contribution in [0.5, 0.6) is 0 Å². The van der Waals surface area contributed by atoms with Gasteiger partial charge in [0.05, 0.1) is 6.10 Å². The molecule has 1 N–H and O–H groups in total. The highest BCUT2D eigenvalue weighted by atomic mass is 19.1. The second kappa shape index (κ2) is 8.12. The van der Waals surface area contributed by atoms with Crippen molar-refractivity contribution >= 4 is 6.09 Å². The third kappa shape index (κ3) is 5.40. The van der Waals surface area contributed by atoms with Crippen LogP contribution in [-0.2, 0) is 11.3 Å². The molecule has 1 amide bonds. The summed E-state index contributed by atoms with van der Waals surface area (Å²) in [6, 6.07) is 6.57. The monoisotopic (exact) mass is 379 g/mol. The molecule has 3 rings (SSSR count). The van der Waals surface area contributed by atoms with Gasteiger partial charge in [0.25, 0.3) is 0 Å². The van der Waals surface area contributed by atoms with Gasteiger partial charge < -0.3 is 14.7 Å². The maximum atomic E-state index is 13.0. The zero-order chi connectivity index (χ0) is 19.6. The molecule has 0 saturated carbocycles. The summed E-state index contributed by atoms with van der Waals surface area (Å²) in [6.07, 6.45) is -0.689. The summed E-state index contributed by atoms with van der Waals surface area (Å²) >= 11 is 0. The molecule has 0 spiro atoms. The first-order chi connectivity index (χ1) is 12.7. The molecule has 2 aliphatic rings. The first-order valence-corrected chi connectivity index (χ1v) is 9.58. The zero-order valence-corrected chi connectivity index (χ0v) is 16.4. The van der Waals surface area contributed by atoms with E-state index >= 15 is 0 Å². The van der Waals surface area contributed by atoms with E-state index in [1.807, 2.05) is 20.8 Å². The summed E-state index contributed by atoms with van der Waals surface area (Å²) in [5.74, 6) is -0.235. The molecular weight excluding hydrogens is 349 g/mol. The summed E-state index contributed by atoms with van der Waals surface area (Å²) in [5.41, 5.74) is 0.551. The lowest BCUT2D eigenvalue weighted by molar-refractivity contribution is 0.00326. The number of halogens is 1. The summed E-state index contributed by atoms with van der Waals surface area (Å²) in [6.45, 7) is 10.3. The van der Waals surface area contributed by atoms with Gasteiger partial charge >= 0.3 is 6.09 Å². The standard InChI is InChI=1S/C20H30FN3O3/c1-20(2,3)27-19(26)24-10-8-23(9-11-24)17-13-22(14-18(17)25)12-15-4-6-16(21)7-5-15/h4-7,17-18,25H,8-14H2,1-3H3/t17-,18-/m1/s1. The van der Waals surface area contributed by atoms with Gasteiger partial charge in [0, 0.05) is 51.9 Å². The lowest BCUT2D eigenvalue weighted by Crippen LogP contribution is -2.55. The van der Waals surface area contributed by atoms with Crippen molar-refractivity contribution in [2.24, 2.45) is 0 Å². The summed E-state index contributed by atoms with van der Waals surface area (Å²) in [5, 5.41) is 10.5. The number of benzene rings is 1. The Hall–Kier alpha value is -1.70. The molecule has 0 aliphatic carbocycles. The summed E-state index contributed by atoms with van der Waals surface area (Å²) in [4.78, 5) is 18.4. The fourth-order valence-electron chi connectivity index (χ4n) is 3.75. The van der Waals surface area contributed by atoms with E-state index in [0.29, 0.717) is 26.2 Å². The number of rotatable bonds is 3. The third-order valence-electron chi connectivity index (χ3n) is 5.09. The number of piperazine rings is 1. The van der Waals surface area contributed by atoms with E-state index in [2.05, 4.69) is 9.80 Å². The van der Waals surface area contributed by atoms with Crippen molar-refractivity contribution in [2.75, 3.05) is 39.3 Å². The molecular formula is C20H30FN3O3. The van der Waals surface area contributed by atoms with Crippen LogP contribution in [0.2, 0.25) is 0 Å². The van der Waals surface area contributed by atoms with Gasteiger partial charge in [-0.3, -0.25) is 9.80 Å². The van der Waals surface area contributed by atoms with Crippen molar-refractivity contribution in [3.63, 3.8) is 0 Å². The van der Waals surface area contributed by atoms with Crippen LogP contribution < -0.4 is 0 Å². The minimum atomic E-state index is -0.489. The fraction of sp³-hybridized carbons (Fsp3) is 0.650. The number of hydrogen-bond donors (Lipinski definition) is 1. The average Bonchev–Trinajstić information content (AvgIpc) is 2.96. The molecule has 6 nitrogen and oxygen atoms in total. The number of ether oxygens (including phenoxy) is 1. The zero-order valence-electron chi connectivity index (χ0n) is 16.4. The number of amides is 1. The van der Waals surface area contributed by atoms with E-state index in [-0.39, 0.29) is 18.0 Å². The Balaban J connectivity index is 1.49. The molecule has 0 aromatic heterocycles. The average molecular weight is 379 g/mol. The van der Waals surface area contributed by atoms with Crippen LogP contribution in [0, 0.1) is 5.82 Å². The highest BCUT2D eigenvalue weighted by molar-refractivity contribution is 5.68. The number of hydrogen-bond acceptors (Lipinski definition) is 5. The second-order valence-electron chi connectivity index (χ2n) is 8.46. The Labute approximate surface area is 160 Å². The topological polar surface area (TPSA) is 56.2 Å². The van der Waals surface area contributed by atoms with E-state index in [1.54, 1.807) is 17.0 Å². The van der Waals surface area contributed by atoms with Gasteiger partial charge in [-0.1, -0.05) is 12.1 Å². The first-order valence-electron chi connectivity index (χ1n) is 9.58. The molecule has 0 radical (unpaired) electrons. The molecule has 1 aromatic rings. The predicted octanol–water partition coefficient (Wildman–Crippen LogP) is 1.92. The number of likely N-dealkylation sites (tertiary alicyclic amines) is 1. The highest BCUT2D eigenvalue weighted by Crippen LogP contribution is 2.21. The third-order valence-corrected chi connectivity index (χ3v) is 5.09. The number of β-amino-alcohol motifs (C(OH)–C–C–N with tert-alkyl or cyclic N) is 1. The van der Waals surface area contributed by atoms with Crippen LogP contribution in [0.15, 0.2) is 24.3 Å². The van der Waals surface area contributed by atoms with Crippen LogP contribution in [-0.4, -0.2) is 82.9 Å². The van der Waals surface area contributed by atoms with Gasteiger partial charge in [-0.25, -0.2) is 9.18 Å². The molecule has 2 aliphatic heterocycles. The molecule has 2 atom stereocenters. The molecule has 0 bridgehead atoms. The van der Waals surface area contributed by atoms with E-state index in [9.17, 15) is 14.3 Å². The number of nitrogens with zero attached hydrogens (tertiary/aromatic N) is 3. The Kier molecular flexibility index (Phi) is 6.03. The van der Waals surface area contributed by atoms with Crippen molar-refractivity contribution in [3.05, 3.63) is 35.6 Å². The van der Waals surface area contributed by atoms with Crippen molar-refractivity contribution in [3.8, 4) is 0 Å². The number of aliphatic hydroxyl groups excluding tert-OH is 1. The van der Waals surface area contributed by atoms with Crippen LogP contribution in [0.1, 0.15) is 26.3 Å². The molecule has 2 saturated heterocycles. The van der Waals surface area contributed by atoms with Gasteiger partial charge in [0.15, 0.2) is 0 Å². The van der Waals surface area contributed by atoms with Gasteiger partial charge in [0.1, 0.15) is 11.4 Å². The van der Waals surface area contributed by atoms with Gasteiger partial charge in [-0.2, -0.15) is 0 Å². The first kappa shape index (κ1) is 20.0. The van der Waals surface area contributed by atoms with E-state index in [1.165, 1.54) is 12.1 Å². The number of carbonyl (C=O) groups is 1. The van der Waals surface area contributed by atoms with Gasteiger partial charge in [-0.05, 0) is 38.5 Å². The van der Waals surface area contributed by atoms with Crippen molar-refractivity contribution in [1.29, 1.82) is 0 Å². The Morgan fingerprint density at radius 3 is 2.37 bits per heavy atom. The smallest absolute Gasteiger partial charge is 0.410 e. The van der Waals surface area contributed by atoms with Crippen molar-refractivity contribution in [1.82, 2.24) is 14.7 Å². The van der Waals surface area contributed by atoms with Crippen LogP contribution >= 0.6 is 0 Å². The quantitative estimate of drug-likeness (QED) is 0.870. The second-order valence-corrected chi connectivity index (χ2v) is 8.46. The van der Waals surface area contributed by atoms with Gasteiger partial charge in [0.2, 0.25) is 0 Å². The lowest BCUT2D eigenvalue weighted by Gasteiger charge is -2.39. The minimum absolute atomic E-state index is 0.0613. The highest BCUT2D eigenvalue weighted by Gasteiger charge is 2.37. The largest absolute Gasteiger partial charge is 0.444 e. The van der Waals surface area contributed by atoms with E-state index < -0.39 is 11.7 Å². The Morgan fingerprint density at radius 2 is 1.78 bits per heavy atom. The van der Waals surface area contributed by atoms with Crippen LogP contribution in [0.25, 0.3) is 0 Å². The van der Waals surface area contributed by atoms with Crippen LogP contribution in [0.3, 0.4) is 0 Å². The van der Waals surface area contributed by atoms with Crippen LogP contribution in [0.4, 0.5) is 9.18 Å².